The van der Waals surface area contributed by atoms with Gasteiger partial charge in [-0.15, -0.1) is 0 Å². The monoisotopic (exact) mass is 281 g/mol. The zero-order valence-corrected chi connectivity index (χ0v) is 11.8. The van der Waals surface area contributed by atoms with Crippen LogP contribution >= 0.6 is 0 Å². The van der Waals surface area contributed by atoms with Crippen LogP contribution in [0.25, 0.3) is 0 Å². The number of aromatic hydroxyl groups is 1. The number of phenolic OH excluding ortho intramolecular Hbond substituents is 1. The molecule has 0 radical (unpaired) electrons. The molecule has 1 atom stereocenters. The Hall–Kier alpha value is -1.66. The summed E-state index contributed by atoms with van der Waals surface area (Å²) >= 11 is 0. The number of piperazine rings is 1. The van der Waals surface area contributed by atoms with Crippen LogP contribution in [0.5, 0.6) is 5.75 Å². The smallest absolute Gasteiger partial charge is 0.240 e. The van der Waals surface area contributed by atoms with Crippen molar-refractivity contribution in [3.63, 3.8) is 0 Å². The normalized spacial score (nSPS) is 19.9. The molecule has 0 saturated carbocycles. The molecule has 1 amide bonds. The van der Waals surface area contributed by atoms with Crippen LogP contribution < -0.4 is 5.32 Å². The summed E-state index contributed by atoms with van der Waals surface area (Å²) in [6.45, 7) is 2.52. The predicted octanol–water partition coefficient (Wildman–Crippen LogP) is 0.393. The van der Waals surface area contributed by atoms with Crippen LogP contribution in [0, 0.1) is 5.82 Å². The highest BCUT2D eigenvalue weighted by Gasteiger charge is 2.29. The van der Waals surface area contributed by atoms with Crippen molar-refractivity contribution in [2.24, 2.45) is 0 Å². The second-order valence-corrected chi connectivity index (χ2v) is 5.24. The van der Waals surface area contributed by atoms with Crippen LogP contribution in [0.4, 0.5) is 4.39 Å². The van der Waals surface area contributed by atoms with Crippen molar-refractivity contribution in [3.8, 4) is 5.75 Å². The second kappa shape index (κ2) is 6.19. The van der Waals surface area contributed by atoms with Gasteiger partial charge in [0.25, 0.3) is 0 Å². The lowest BCUT2D eigenvalue weighted by Gasteiger charge is -2.36. The number of carbonyl (C=O) groups excluding carboxylic acids is 1. The summed E-state index contributed by atoms with van der Waals surface area (Å²) in [5, 5.41) is 12.6. The van der Waals surface area contributed by atoms with Gasteiger partial charge in [0.05, 0.1) is 0 Å². The van der Waals surface area contributed by atoms with Crippen LogP contribution in [0.1, 0.15) is 5.56 Å². The molecule has 110 valence electrons. The minimum atomic E-state index is -0.467. The first-order valence-corrected chi connectivity index (χ1v) is 6.62. The van der Waals surface area contributed by atoms with Crippen LogP contribution in [0.15, 0.2) is 18.2 Å². The third-order valence-electron chi connectivity index (χ3n) is 3.41. The second-order valence-electron chi connectivity index (χ2n) is 5.24. The molecular formula is C14H20FN3O2. The van der Waals surface area contributed by atoms with Gasteiger partial charge in [-0.25, -0.2) is 4.39 Å². The number of likely N-dealkylation sites (N-methyl/N-ethyl adjacent to an activating group) is 1. The summed E-state index contributed by atoms with van der Waals surface area (Å²) in [6, 6.07) is 3.73. The fourth-order valence-electron chi connectivity index (χ4n) is 2.44. The maximum atomic E-state index is 13.3. The Kier molecular flexibility index (Phi) is 4.57. The van der Waals surface area contributed by atoms with Crippen molar-refractivity contribution < 1.29 is 14.3 Å². The first kappa shape index (κ1) is 14.7. The molecule has 1 fully saturated rings. The molecule has 0 bridgehead atoms. The van der Waals surface area contributed by atoms with E-state index < -0.39 is 5.82 Å². The van der Waals surface area contributed by atoms with Crippen LogP contribution in [0.3, 0.4) is 0 Å². The molecule has 5 nitrogen and oxygen atoms in total. The zero-order chi connectivity index (χ0) is 14.7. The first-order valence-electron chi connectivity index (χ1n) is 6.62. The summed E-state index contributed by atoms with van der Waals surface area (Å²) in [4.78, 5) is 15.7. The Morgan fingerprint density at radius 1 is 1.50 bits per heavy atom. The average Bonchev–Trinajstić information content (AvgIpc) is 2.37. The maximum Gasteiger partial charge on any atom is 0.240 e. The van der Waals surface area contributed by atoms with Gasteiger partial charge in [0.1, 0.15) is 17.6 Å². The molecule has 1 unspecified atom stereocenters. The molecule has 1 aromatic carbocycles. The highest BCUT2D eigenvalue weighted by atomic mass is 19.1. The lowest BCUT2D eigenvalue weighted by Crippen LogP contribution is -2.57. The number of benzene rings is 1. The van der Waals surface area contributed by atoms with E-state index in [0.29, 0.717) is 25.2 Å². The van der Waals surface area contributed by atoms with Gasteiger partial charge in [0.15, 0.2) is 0 Å². The summed E-state index contributed by atoms with van der Waals surface area (Å²) in [7, 11) is 3.45. The van der Waals surface area contributed by atoms with E-state index in [4.69, 9.17) is 0 Å². The molecule has 0 aliphatic carbocycles. The van der Waals surface area contributed by atoms with Crippen molar-refractivity contribution in [3.05, 3.63) is 29.6 Å². The number of hydrogen-bond donors (Lipinski definition) is 2. The number of nitrogens with zero attached hydrogens (tertiary/aromatic N) is 2. The van der Waals surface area contributed by atoms with Crippen molar-refractivity contribution >= 4 is 5.91 Å². The third-order valence-corrected chi connectivity index (χ3v) is 3.41. The zero-order valence-electron chi connectivity index (χ0n) is 11.8. The number of nitrogens with one attached hydrogen (secondary N) is 1. The molecule has 1 aromatic rings. The van der Waals surface area contributed by atoms with E-state index in [0.717, 1.165) is 12.6 Å². The van der Waals surface area contributed by atoms with Crippen molar-refractivity contribution in [1.82, 2.24) is 15.1 Å². The van der Waals surface area contributed by atoms with Gasteiger partial charge in [-0.1, -0.05) is 0 Å². The van der Waals surface area contributed by atoms with Crippen molar-refractivity contribution in [2.45, 2.75) is 12.6 Å². The lowest BCUT2D eigenvalue weighted by molar-refractivity contribution is -0.135. The molecule has 0 spiro atoms. The Balaban J connectivity index is 2.14. The summed E-state index contributed by atoms with van der Waals surface area (Å²) in [5.41, 5.74) is 0.668. The van der Waals surface area contributed by atoms with E-state index in [1.165, 1.54) is 12.1 Å². The molecule has 1 saturated heterocycles. The molecule has 2 N–H and O–H groups in total. The highest BCUT2D eigenvalue weighted by Crippen LogP contribution is 2.18. The maximum absolute atomic E-state index is 13.3. The van der Waals surface area contributed by atoms with E-state index in [1.807, 2.05) is 4.90 Å². The topological polar surface area (TPSA) is 55.8 Å². The van der Waals surface area contributed by atoms with Crippen molar-refractivity contribution in [1.29, 1.82) is 0 Å². The Labute approximate surface area is 118 Å². The SMILES string of the molecule is CN(C)C(=O)C1CNCCN1Cc1cc(O)cc(F)c1. The summed E-state index contributed by atoms with van der Waals surface area (Å²) in [5.74, 6) is -0.533. The molecule has 2 rings (SSSR count). The molecule has 20 heavy (non-hydrogen) atoms. The number of hydrogen-bond acceptors (Lipinski definition) is 4. The lowest BCUT2D eigenvalue weighted by atomic mass is 10.1. The number of phenols is 1. The largest absolute Gasteiger partial charge is 0.508 e. The Morgan fingerprint density at radius 3 is 2.90 bits per heavy atom. The molecule has 0 aromatic heterocycles. The Bertz CT molecular complexity index is 473. The Morgan fingerprint density at radius 2 is 2.25 bits per heavy atom. The van der Waals surface area contributed by atoms with E-state index >= 15 is 0 Å². The van der Waals surface area contributed by atoms with Gasteiger partial charge in [-0.2, -0.15) is 0 Å². The van der Waals surface area contributed by atoms with E-state index in [-0.39, 0.29) is 17.7 Å². The standard InChI is InChI=1S/C14H20FN3O2/c1-17(2)14(20)13-8-16-3-4-18(13)9-10-5-11(15)7-12(19)6-10/h5-7,13,16,19H,3-4,8-9H2,1-2H3. The van der Waals surface area contributed by atoms with E-state index in [1.54, 1.807) is 19.0 Å². The van der Waals surface area contributed by atoms with Gasteiger partial charge in [-0.3, -0.25) is 9.69 Å². The van der Waals surface area contributed by atoms with Crippen LogP contribution in [-0.2, 0) is 11.3 Å². The summed E-state index contributed by atoms with van der Waals surface area (Å²) < 4.78 is 13.3. The minimum absolute atomic E-state index is 0.0258. The first-order chi connectivity index (χ1) is 9.47. The van der Waals surface area contributed by atoms with Crippen LogP contribution in [-0.4, -0.2) is 60.6 Å². The number of rotatable bonds is 3. The number of carbonyl (C=O) groups is 1. The van der Waals surface area contributed by atoms with Gasteiger partial charge in [0, 0.05) is 46.3 Å². The predicted molar refractivity (Wildman–Crippen MR) is 73.8 cm³/mol. The van der Waals surface area contributed by atoms with Gasteiger partial charge in [-0.05, 0) is 17.7 Å². The minimum Gasteiger partial charge on any atom is -0.508 e. The van der Waals surface area contributed by atoms with Gasteiger partial charge < -0.3 is 15.3 Å². The van der Waals surface area contributed by atoms with E-state index in [9.17, 15) is 14.3 Å². The van der Waals surface area contributed by atoms with Gasteiger partial charge in [0.2, 0.25) is 5.91 Å². The highest BCUT2D eigenvalue weighted by molar-refractivity contribution is 5.81. The van der Waals surface area contributed by atoms with Crippen molar-refractivity contribution in [2.75, 3.05) is 33.7 Å². The van der Waals surface area contributed by atoms with Gasteiger partial charge >= 0.3 is 0 Å². The fourth-order valence-corrected chi connectivity index (χ4v) is 2.44. The molecule has 6 heteroatoms. The molecule has 1 heterocycles. The molecule has 1 aliphatic heterocycles. The van der Waals surface area contributed by atoms with E-state index in [2.05, 4.69) is 5.32 Å². The number of halogens is 1. The summed E-state index contributed by atoms with van der Waals surface area (Å²) in [6.07, 6.45) is 0. The third kappa shape index (κ3) is 3.46. The quantitative estimate of drug-likeness (QED) is 0.842. The fraction of sp³-hybridized carbons (Fsp3) is 0.500. The van der Waals surface area contributed by atoms with Crippen LogP contribution in [0.2, 0.25) is 0 Å². The molecular weight excluding hydrogens is 261 g/mol. The number of amides is 1. The molecule has 1 aliphatic rings. The average molecular weight is 281 g/mol.